The second-order valence-electron chi connectivity index (χ2n) is 6.01. The molecule has 3 atom stereocenters. The van der Waals surface area contributed by atoms with Gasteiger partial charge in [0.25, 0.3) is 0 Å². The van der Waals surface area contributed by atoms with Crippen LogP contribution in [0.2, 0.25) is 5.31 Å². The van der Waals surface area contributed by atoms with Crippen LogP contribution in [-0.2, 0) is 4.79 Å². The number of hydrogen-bond acceptors (Lipinski definition) is 1. The number of rotatable bonds is 1. The molecule has 0 bridgehead atoms. The first-order chi connectivity index (χ1) is 7.43. The van der Waals surface area contributed by atoms with E-state index in [1.807, 2.05) is 0 Å². The molecule has 2 rings (SSSR count). The van der Waals surface area contributed by atoms with Gasteiger partial charge in [-0.05, 0) is 32.6 Å². The minimum atomic E-state index is -0.0727. The molecule has 0 aromatic rings. The van der Waals surface area contributed by atoms with Crippen molar-refractivity contribution in [2.75, 3.05) is 0 Å². The Morgan fingerprint density at radius 2 is 2.12 bits per heavy atom. The standard InChI is InChI=1S/C13H22BNO/c1-9(2)15-11-5-4-8-13(3,14)10(11)6-7-12(15)16/h9-11H,4-8H2,1-3H3. The highest BCUT2D eigenvalue weighted by atomic mass is 16.2. The number of nitrogens with zero attached hydrogens (tertiary/aromatic N) is 1. The molecule has 0 aromatic heterocycles. The third kappa shape index (κ3) is 1.89. The first-order valence-electron chi connectivity index (χ1n) is 6.53. The van der Waals surface area contributed by atoms with Gasteiger partial charge < -0.3 is 4.90 Å². The van der Waals surface area contributed by atoms with E-state index in [0.29, 0.717) is 30.3 Å². The summed E-state index contributed by atoms with van der Waals surface area (Å²) in [6.45, 7) is 6.39. The maximum atomic E-state index is 12.0. The number of likely N-dealkylation sites (tertiary alicyclic amines) is 1. The topological polar surface area (TPSA) is 20.3 Å². The molecule has 2 aliphatic rings. The molecule has 2 fully saturated rings. The minimum absolute atomic E-state index is 0.0727. The summed E-state index contributed by atoms with van der Waals surface area (Å²) >= 11 is 0. The average molecular weight is 219 g/mol. The van der Waals surface area contributed by atoms with E-state index in [1.165, 1.54) is 0 Å². The van der Waals surface area contributed by atoms with Crippen LogP contribution in [0.1, 0.15) is 52.9 Å². The van der Waals surface area contributed by atoms with Gasteiger partial charge in [0.1, 0.15) is 0 Å². The van der Waals surface area contributed by atoms with Crippen LogP contribution in [0.15, 0.2) is 0 Å². The molecule has 1 saturated heterocycles. The van der Waals surface area contributed by atoms with Crippen molar-refractivity contribution >= 4 is 13.8 Å². The molecule has 3 heteroatoms. The first kappa shape index (κ1) is 12.0. The highest BCUT2D eigenvalue weighted by Crippen LogP contribution is 2.50. The average Bonchev–Trinajstić information content (AvgIpc) is 2.15. The van der Waals surface area contributed by atoms with Crippen molar-refractivity contribution in [1.29, 1.82) is 0 Å². The molecule has 88 valence electrons. The van der Waals surface area contributed by atoms with Crippen molar-refractivity contribution < 1.29 is 4.79 Å². The van der Waals surface area contributed by atoms with Crippen molar-refractivity contribution in [3.05, 3.63) is 0 Å². The largest absolute Gasteiger partial charge is 0.337 e. The molecule has 1 aliphatic heterocycles. The number of amides is 1. The van der Waals surface area contributed by atoms with Crippen molar-refractivity contribution in [1.82, 2.24) is 4.90 Å². The van der Waals surface area contributed by atoms with Crippen LogP contribution in [0.5, 0.6) is 0 Å². The van der Waals surface area contributed by atoms with Crippen molar-refractivity contribution in [2.45, 2.75) is 70.3 Å². The Hall–Kier alpha value is -0.465. The molecule has 16 heavy (non-hydrogen) atoms. The Kier molecular flexibility index (Phi) is 3.06. The molecule has 1 amide bonds. The molecule has 1 saturated carbocycles. The van der Waals surface area contributed by atoms with Gasteiger partial charge in [0, 0.05) is 18.5 Å². The highest BCUT2D eigenvalue weighted by Gasteiger charge is 2.45. The first-order valence-corrected chi connectivity index (χ1v) is 6.53. The van der Waals surface area contributed by atoms with E-state index in [9.17, 15) is 4.79 Å². The van der Waals surface area contributed by atoms with Gasteiger partial charge in [0.15, 0.2) is 0 Å². The monoisotopic (exact) mass is 219 g/mol. The Labute approximate surface area is 100 Å². The summed E-state index contributed by atoms with van der Waals surface area (Å²) < 4.78 is 0. The van der Waals surface area contributed by atoms with Gasteiger partial charge in [-0.3, -0.25) is 4.79 Å². The maximum absolute atomic E-state index is 12.0. The van der Waals surface area contributed by atoms with Gasteiger partial charge in [0.2, 0.25) is 5.91 Å². The van der Waals surface area contributed by atoms with Crippen LogP contribution in [0.4, 0.5) is 0 Å². The summed E-state index contributed by atoms with van der Waals surface area (Å²) in [7, 11) is 6.40. The van der Waals surface area contributed by atoms with Gasteiger partial charge in [-0.2, -0.15) is 0 Å². The van der Waals surface area contributed by atoms with Gasteiger partial charge in [0.05, 0.1) is 7.85 Å². The van der Waals surface area contributed by atoms with Gasteiger partial charge in [-0.1, -0.05) is 25.1 Å². The third-order valence-electron chi connectivity index (χ3n) is 4.40. The molecule has 3 unspecified atom stereocenters. The summed E-state index contributed by atoms with van der Waals surface area (Å²) in [6, 6.07) is 0.708. The van der Waals surface area contributed by atoms with Crippen LogP contribution < -0.4 is 0 Å². The molecule has 1 heterocycles. The molecule has 0 aromatic carbocycles. The summed E-state index contributed by atoms with van der Waals surface area (Å²) in [6.07, 6.45) is 5.08. The van der Waals surface area contributed by atoms with Crippen molar-refractivity contribution in [3.8, 4) is 0 Å². The Morgan fingerprint density at radius 1 is 1.44 bits per heavy atom. The normalized spacial score (nSPS) is 40.0. The molecule has 0 spiro atoms. The van der Waals surface area contributed by atoms with E-state index in [4.69, 9.17) is 7.85 Å². The fourth-order valence-corrected chi connectivity index (χ4v) is 3.64. The predicted octanol–water partition coefficient (Wildman–Crippen LogP) is 2.53. The lowest BCUT2D eigenvalue weighted by atomic mass is 9.52. The van der Waals surface area contributed by atoms with E-state index < -0.39 is 0 Å². The zero-order valence-corrected chi connectivity index (χ0v) is 10.7. The minimum Gasteiger partial charge on any atom is -0.337 e. The van der Waals surface area contributed by atoms with E-state index in [-0.39, 0.29) is 5.31 Å². The number of piperidine rings is 1. The van der Waals surface area contributed by atoms with Crippen LogP contribution >= 0.6 is 0 Å². The van der Waals surface area contributed by atoms with E-state index in [0.717, 1.165) is 25.7 Å². The number of fused-ring (bicyclic) bond motifs is 1. The molecular weight excluding hydrogens is 197 g/mol. The molecule has 2 radical (unpaired) electrons. The van der Waals surface area contributed by atoms with Crippen LogP contribution in [0.3, 0.4) is 0 Å². The van der Waals surface area contributed by atoms with Crippen LogP contribution in [-0.4, -0.2) is 30.7 Å². The van der Waals surface area contributed by atoms with Gasteiger partial charge in [-0.25, -0.2) is 0 Å². The zero-order chi connectivity index (χ0) is 11.9. The Balaban J connectivity index is 2.24. The smallest absolute Gasteiger partial charge is 0.223 e. The van der Waals surface area contributed by atoms with E-state index in [2.05, 4.69) is 25.7 Å². The lowest BCUT2D eigenvalue weighted by Gasteiger charge is -2.53. The third-order valence-corrected chi connectivity index (χ3v) is 4.40. The summed E-state index contributed by atoms with van der Waals surface area (Å²) in [5.74, 6) is 0.829. The predicted molar refractivity (Wildman–Crippen MR) is 66.5 cm³/mol. The number of carbonyl (C=O) groups excluding carboxylic acids is 1. The van der Waals surface area contributed by atoms with Crippen molar-refractivity contribution in [2.24, 2.45) is 5.92 Å². The Bertz CT molecular complexity index is 288. The van der Waals surface area contributed by atoms with Gasteiger partial charge >= 0.3 is 0 Å². The lowest BCUT2D eigenvalue weighted by Crippen LogP contribution is -2.55. The van der Waals surface area contributed by atoms with Crippen LogP contribution in [0, 0.1) is 5.92 Å². The quantitative estimate of drug-likeness (QED) is 0.620. The zero-order valence-electron chi connectivity index (χ0n) is 10.7. The number of carbonyl (C=O) groups is 1. The fourth-order valence-electron chi connectivity index (χ4n) is 3.64. The van der Waals surface area contributed by atoms with Crippen LogP contribution in [0.25, 0.3) is 0 Å². The SMILES string of the molecule is [B]C1(C)CCCC2C1CCC(=O)N2C(C)C. The van der Waals surface area contributed by atoms with Gasteiger partial charge in [-0.15, -0.1) is 0 Å². The molecule has 1 aliphatic carbocycles. The summed E-state index contributed by atoms with van der Waals surface area (Å²) in [4.78, 5) is 14.1. The van der Waals surface area contributed by atoms with E-state index >= 15 is 0 Å². The number of hydrogen-bond donors (Lipinski definition) is 0. The Morgan fingerprint density at radius 3 is 2.75 bits per heavy atom. The fraction of sp³-hybridized carbons (Fsp3) is 0.923. The lowest BCUT2D eigenvalue weighted by molar-refractivity contribution is -0.143. The molecular formula is C13H22BNO. The molecule has 2 nitrogen and oxygen atoms in total. The molecule has 0 N–H and O–H groups in total. The second kappa shape index (κ2) is 4.08. The summed E-state index contributed by atoms with van der Waals surface area (Å²) in [5.41, 5.74) is 0. The highest BCUT2D eigenvalue weighted by molar-refractivity contribution is 6.15. The summed E-state index contributed by atoms with van der Waals surface area (Å²) in [5, 5.41) is -0.0727. The maximum Gasteiger partial charge on any atom is 0.223 e. The van der Waals surface area contributed by atoms with Crippen molar-refractivity contribution in [3.63, 3.8) is 0 Å². The second-order valence-corrected chi connectivity index (χ2v) is 6.01. The van der Waals surface area contributed by atoms with E-state index in [1.54, 1.807) is 0 Å².